The Morgan fingerprint density at radius 1 is 1.40 bits per heavy atom. The number of rotatable bonds is 5. The number of nitrogens with one attached hydrogen (secondary N) is 1. The summed E-state index contributed by atoms with van der Waals surface area (Å²) >= 11 is 3.70. The second kappa shape index (κ2) is 10.4. The van der Waals surface area contributed by atoms with E-state index in [1.165, 1.54) is 21.9 Å². The van der Waals surface area contributed by atoms with E-state index in [2.05, 4.69) is 57.4 Å². The van der Waals surface area contributed by atoms with E-state index in [4.69, 9.17) is 0 Å². The highest BCUT2D eigenvalue weighted by atomic mass is 127. The van der Waals surface area contributed by atoms with E-state index < -0.39 is 0 Å². The summed E-state index contributed by atoms with van der Waals surface area (Å²) in [6.07, 6.45) is 3.16. The van der Waals surface area contributed by atoms with Crippen molar-refractivity contribution in [2.24, 2.45) is 10.9 Å². The van der Waals surface area contributed by atoms with Crippen LogP contribution in [0.3, 0.4) is 0 Å². The lowest BCUT2D eigenvalue weighted by Crippen LogP contribution is -2.39. The van der Waals surface area contributed by atoms with Gasteiger partial charge >= 0.3 is 0 Å². The molecule has 1 saturated heterocycles. The largest absolute Gasteiger partial charge is 0.350 e. The van der Waals surface area contributed by atoms with Gasteiger partial charge in [-0.05, 0) is 31.4 Å². The Hall–Kier alpha value is -0.800. The number of aryl methyl sites for hydroxylation is 1. The van der Waals surface area contributed by atoms with Gasteiger partial charge in [0.1, 0.15) is 5.01 Å². The third kappa shape index (κ3) is 6.14. The summed E-state index contributed by atoms with van der Waals surface area (Å²) in [5.74, 6) is 2.88. The predicted octanol–water partition coefficient (Wildman–Crippen LogP) is 4.26. The first-order valence-electron chi connectivity index (χ1n) is 8.29. The van der Waals surface area contributed by atoms with Crippen LogP contribution in [0.15, 0.2) is 46.4 Å². The number of halogens is 1. The van der Waals surface area contributed by atoms with Crippen molar-refractivity contribution in [2.45, 2.75) is 24.8 Å². The Labute approximate surface area is 175 Å². The average Bonchev–Trinajstić information content (AvgIpc) is 3.24. The maximum atomic E-state index is 4.45. The number of thiazole rings is 1. The normalized spacial score (nSPS) is 17.4. The number of thioether (sulfide) groups is 1. The highest BCUT2D eigenvalue weighted by Gasteiger charge is 2.24. The maximum absolute atomic E-state index is 4.45. The molecule has 7 heteroatoms. The van der Waals surface area contributed by atoms with Crippen molar-refractivity contribution >= 4 is 53.0 Å². The molecule has 0 bridgehead atoms. The second-order valence-corrected chi connectivity index (χ2v) is 8.40. The average molecular weight is 488 g/mol. The van der Waals surface area contributed by atoms with Gasteiger partial charge in [-0.3, -0.25) is 4.99 Å². The monoisotopic (exact) mass is 488 g/mol. The van der Waals surface area contributed by atoms with E-state index >= 15 is 0 Å². The molecule has 1 aliphatic rings. The Kier molecular flexibility index (Phi) is 8.51. The van der Waals surface area contributed by atoms with Crippen LogP contribution in [0, 0.1) is 12.8 Å². The van der Waals surface area contributed by atoms with E-state index in [0.29, 0.717) is 0 Å². The Bertz CT molecular complexity index is 675. The number of aliphatic imine (C=N–C) groups is 1. The molecule has 1 N–H and O–H groups in total. The minimum Gasteiger partial charge on any atom is -0.350 e. The van der Waals surface area contributed by atoms with Gasteiger partial charge in [0.15, 0.2) is 5.96 Å². The molecule has 25 heavy (non-hydrogen) atoms. The second-order valence-electron chi connectivity index (χ2n) is 5.99. The standard InChI is InChI=1S/C18H24N4S2.HI/c1-14-10-20-17(24-14)11-21-18(19-2)22-9-8-15(12-22)13-23-16-6-4-3-5-7-16;/h3-7,10,15H,8-9,11-13H2,1-2H3,(H,19,21);1H. The minimum absolute atomic E-state index is 0. The predicted molar refractivity (Wildman–Crippen MR) is 119 cm³/mol. The molecule has 1 unspecified atom stereocenters. The molecular formula is C18H25IN4S2. The molecule has 0 spiro atoms. The molecule has 136 valence electrons. The summed E-state index contributed by atoms with van der Waals surface area (Å²) in [5.41, 5.74) is 0. The van der Waals surface area contributed by atoms with Gasteiger partial charge in [-0.1, -0.05) is 18.2 Å². The fourth-order valence-electron chi connectivity index (χ4n) is 2.86. The number of benzene rings is 1. The summed E-state index contributed by atoms with van der Waals surface area (Å²) in [7, 11) is 1.86. The number of aromatic nitrogens is 1. The smallest absolute Gasteiger partial charge is 0.194 e. The molecule has 0 amide bonds. The van der Waals surface area contributed by atoms with Crippen LogP contribution in [0.4, 0.5) is 0 Å². The van der Waals surface area contributed by atoms with Gasteiger partial charge in [0.05, 0.1) is 6.54 Å². The Morgan fingerprint density at radius 3 is 2.88 bits per heavy atom. The maximum Gasteiger partial charge on any atom is 0.194 e. The number of hydrogen-bond donors (Lipinski definition) is 1. The molecule has 0 saturated carbocycles. The molecule has 0 aliphatic carbocycles. The molecule has 2 aromatic rings. The summed E-state index contributed by atoms with van der Waals surface area (Å²) in [6.45, 7) is 5.00. The summed E-state index contributed by atoms with van der Waals surface area (Å²) in [4.78, 5) is 13.8. The first-order chi connectivity index (χ1) is 11.7. The zero-order valence-electron chi connectivity index (χ0n) is 14.6. The molecule has 1 aromatic heterocycles. The minimum atomic E-state index is 0. The molecule has 3 rings (SSSR count). The van der Waals surface area contributed by atoms with Crippen molar-refractivity contribution in [1.82, 2.24) is 15.2 Å². The summed E-state index contributed by atoms with van der Waals surface area (Å²) in [6, 6.07) is 10.7. The van der Waals surface area contributed by atoms with Crippen LogP contribution in [0.25, 0.3) is 0 Å². The van der Waals surface area contributed by atoms with Crippen LogP contribution in [0.5, 0.6) is 0 Å². The van der Waals surface area contributed by atoms with Crippen LogP contribution in [0.2, 0.25) is 0 Å². The van der Waals surface area contributed by atoms with Gasteiger partial charge in [0.25, 0.3) is 0 Å². The van der Waals surface area contributed by atoms with Gasteiger partial charge in [0, 0.05) is 41.9 Å². The molecular weight excluding hydrogens is 463 g/mol. The van der Waals surface area contributed by atoms with Gasteiger partial charge in [-0.15, -0.1) is 47.1 Å². The number of nitrogens with zero attached hydrogens (tertiary/aromatic N) is 3. The number of hydrogen-bond acceptors (Lipinski definition) is 4. The molecule has 1 fully saturated rings. The number of guanidine groups is 1. The van der Waals surface area contributed by atoms with Crippen molar-refractivity contribution in [2.75, 3.05) is 25.9 Å². The zero-order chi connectivity index (χ0) is 16.8. The third-order valence-electron chi connectivity index (χ3n) is 4.09. The van der Waals surface area contributed by atoms with Gasteiger partial charge in [0.2, 0.25) is 0 Å². The van der Waals surface area contributed by atoms with Crippen molar-refractivity contribution in [1.29, 1.82) is 0 Å². The molecule has 2 heterocycles. The van der Waals surface area contributed by atoms with Crippen LogP contribution < -0.4 is 5.32 Å². The lowest BCUT2D eigenvalue weighted by Gasteiger charge is -2.21. The zero-order valence-corrected chi connectivity index (χ0v) is 18.6. The first-order valence-corrected chi connectivity index (χ1v) is 10.1. The first kappa shape index (κ1) is 20.5. The van der Waals surface area contributed by atoms with Crippen molar-refractivity contribution in [3.63, 3.8) is 0 Å². The highest BCUT2D eigenvalue weighted by Crippen LogP contribution is 2.25. The van der Waals surface area contributed by atoms with Crippen LogP contribution in [-0.4, -0.2) is 41.7 Å². The Balaban J connectivity index is 0.00000225. The Morgan fingerprint density at radius 2 is 2.20 bits per heavy atom. The van der Waals surface area contributed by atoms with Gasteiger partial charge in [-0.2, -0.15) is 0 Å². The summed E-state index contributed by atoms with van der Waals surface area (Å²) < 4.78 is 0. The third-order valence-corrected chi connectivity index (χ3v) is 6.25. The van der Waals surface area contributed by atoms with E-state index in [1.807, 2.05) is 25.0 Å². The molecule has 1 aliphatic heterocycles. The van der Waals surface area contributed by atoms with Crippen molar-refractivity contribution in [3.05, 3.63) is 46.4 Å². The van der Waals surface area contributed by atoms with E-state index in [9.17, 15) is 0 Å². The van der Waals surface area contributed by atoms with Crippen molar-refractivity contribution in [3.8, 4) is 0 Å². The SMILES string of the molecule is CN=C(NCc1ncc(C)s1)N1CCC(CSc2ccccc2)C1.I. The van der Waals surface area contributed by atoms with E-state index in [1.54, 1.807) is 11.3 Å². The molecule has 4 nitrogen and oxygen atoms in total. The van der Waals surface area contributed by atoms with Gasteiger partial charge in [-0.25, -0.2) is 4.98 Å². The fourth-order valence-corrected chi connectivity index (χ4v) is 4.64. The topological polar surface area (TPSA) is 40.5 Å². The lowest BCUT2D eigenvalue weighted by molar-refractivity contribution is 0.474. The van der Waals surface area contributed by atoms with Crippen LogP contribution in [0.1, 0.15) is 16.3 Å². The van der Waals surface area contributed by atoms with Crippen LogP contribution >= 0.6 is 47.1 Å². The fraction of sp³-hybridized carbons (Fsp3) is 0.444. The molecule has 0 radical (unpaired) electrons. The van der Waals surface area contributed by atoms with E-state index in [0.717, 1.165) is 36.5 Å². The van der Waals surface area contributed by atoms with Gasteiger partial charge < -0.3 is 10.2 Å². The lowest BCUT2D eigenvalue weighted by atomic mass is 10.2. The molecule has 1 aromatic carbocycles. The van der Waals surface area contributed by atoms with E-state index in [-0.39, 0.29) is 24.0 Å². The number of likely N-dealkylation sites (tertiary alicyclic amines) is 1. The highest BCUT2D eigenvalue weighted by molar-refractivity contribution is 14.0. The van der Waals surface area contributed by atoms with Crippen LogP contribution in [-0.2, 0) is 6.54 Å². The molecule has 1 atom stereocenters. The summed E-state index contributed by atoms with van der Waals surface area (Å²) in [5, 5.41) is 4.57. The quantitative estimate of drug-likeness (QED) is 0.296. The van der Waals surface area contributed by atoms with Crippen molar-refractivity contribution < 1.29 is 0 Å².